The smallest absolute Gasteiger partial charge is 0.0578 e. The third kappa shape index (κ3) is 3.68. The van der Waals surface area contributed by atoms with Crippen LogP contribution in [0.25, 0.3) is 0 Å². The van der Waals surface area contributed by atoms with Crippen LogP contribution >= 0.6 is 0 Å². The monoisotopic (exact) mass is 184 g/mol. The molecule has 0 radical (unpaired) electrons. The molecule has 0 amide bonds. The van der Waals surface area contributed by atoms with E-state index in [9.17, 15) is 0 Å². The van der Waals surface area contributed by atoms with Gasteiger partial charge in [-0.2, -0.15) is 0 Å². The first kappa shape index (κ1) is 11.0. The first-order valence-electron chi connectivity index (χ1n) is 5.71. The summed E-state index contributed by atoms with van der Waals surface area (Å²) in [5.74, 6) is 2.43. The zero-order chi connectivity index (χ0) is 9.84. The summed E-state index contributed by atoms with van der Waals surface area (Å²) >= 11 is 0. The van der Waals surface area contributed by atoms with Crippen molar-refractivity contribution in [3.05, 3.63) is 0 Å². The summed E-state index contributed by atoms with van der Waals surface area (Å²) in [5, 5.41) is 0. The fourth-order valence-corrected chi connectivity index (χ4v) is 2.06. The van der Waals surface area contributed by atoms with Gasteiger partial charge < -0.3 is 4.74 Å². The summed E-state index contributed by atoms with van der Waals surface area (Å²) in [6.07, 6.45) is 4.52. The Morgan fingerprint density at radius 3 is 2.31 bits per heavy atom. The van der Waals surface area contributed by atoms with Gasteiger partial charge in [-0.05, 0) is 37.0 Å². The van der Waals surface area contributed by atoms with E-state index in [1.165, 1.54) is 19.3 Å². The Balaban J connectivity index is 2.17. The van der Waals surface area contributed by atoms with Crippen LogP contribution in [0.4, 0.5) is 0 Å². The van der Waals surface area contributed by atoms with Crippen LogP contribution in [-0.4, -0.2) is 12.7 Å². The lowest BCUT2D eigenvalue weighted by Crippen LogP contribution is -2.14. The van der Waals surface area contributed by atoms with Gasteiger partial charge in [-0.25, -0.2) is 0 Å². The lowest BCUT2D eigenvalue weighted by molar-refractivity contribution is 0.0368. The first-order valence-corrected chi connectivity index (χ1v) is 5.71. The van der Waals surface area contributed by atoms with Crippen LogP contribution in [-0.2, 0) is 4.74 Å². The van der Waals surface area contributed by atoms with Crippen molar-refractivity contribution < 1.29 is 4.74 Å². The van der Waals surface area contributed by atoms with Crippen LogP contribution in [0.1, 0.15) is 47.0 Å². The van der Waals surface area contributed by atoms with Crippen LogP contribution in [0.2, 0.25) is 0 Å². The molecule has 2 unspecified atom stereocenters. The minimum atomic E-state index is 0.565. The average Bonchev–Trinajstić information content (AvgIpc) is 2.48. The lowest BCUT2D eigenvalue weighted by Gasteiger charge is -2.16. The van der Waals surface area contributed by atoms with Crippen molar-refractivity contribution in [2.45, 2.75) is 53.1 Å². The van der Waals surface area contributed by atoms with Crippen LogP contribution in [0, 0.1) is 17.8 Å². The second-order valence-corrected chi connectivity index (χ2v) is 5.17. The molecule has 0 aliphatic heterocycles. The van der Waals surface area contributed by atoms with E-state index >= 15 is 0 Å². The van der Waals surface area contributed by atoms with Gasteiger partial charge in [-0.15, -0.1) is 0 Å². The van der Waals surface area contributed by atoms with E-state index < -0.39 is 0 Å². The summed E-state index contributed by atoms with van der Waals surface area (Å²) in [4.78, 5) is 0. The number of ether oxygens (including phenoxy) is 1. The molecular formula is C12H24O. The van der Waals surface area contributed by atoms with Crippen LogP contribution < -0.4 is 0 Å². The molecule has 13 heavy (non-hydrogen) atoms. The Labute approximate surface area is 82.9 Å². The van der Waals surface area contributed by atoms with Crippen molar-refractivity contribution in [2.75, 3.05) is 6.61 Å². The van der Waals surface area contributed by atoms with Crippen molar-refractivity contribution in [1.82, 2.24) is 0 Å². The Morgan fingerprint density at radius 2 is 1.85 bits per heavy atom. The summed E-state index contributed by atoms with van der Waals surface area (Å²) in [5.41, 5.74) is 0. The highest BCUT2D eigenvalue weighted by Gasteiger charge is 2.27. The van der Waals surface area contributed by atoms with Crippen LogP contribution in [0.15, 0.2) is 0 Å². The number of hydrogen-bond acceptors (Lipinski definition) is 1. The SMILES string of the molecule is CC(C)COC1CCC(C(C)C)C1. The highest BCUT2D eigenvalue weighted by molar-refractivity contribution is 4.78. The summed E-state index contributed by atoms with van der Waals surface area (Å²) in [6.45, 7) is 10.0. The Kier molecular flexibility index (Phi) is 4.24. The standard InChI is InChI=1S/C12H24O/c1-9(2)8-13-12-6-5-11(7-12)10(3)4/h9-12H,5-8H2,1-4H3. The van der Waals surface area contributed by atoms with Crippen molar-refractivity contribution >= 4 is 0 Å². The van der Waals surface area contributed by atoms with Crippen molar-refractivity contribution in [3.63, 3.8) is 0 Å². The maximum Gasteiger partial charge on any atom is 0.0578 e. The van der Waals surface area contributed by atoms with Gasteiger partial charge in [-0.3, -0.25) is 0 Å². The Bertz CT molecular complexity index is 140. The zero-order valence-electron chi connectivity index (χ0n) is 9.55. The van der Waals surface area contributed by atoms with Gasteiger partial charge >= 0.3 is 0 Å². The predicted octanol–water partition coefficient (Wildman–Crippen LogP) is 3.48. The summed E-state index contributed by atoms with van der Waals surface area (Å²) < 4.78 is 5.84. The van der Waals surface area contributed by atoms with Crippen molar-refractivity contribution in [3.8, 4) is 0 Å². The Morgan fingerprint density at radius 1 is 1.15 bits per heavy atom. The van der Waals surface area contributed by atoms with Gasteiger partial charge in [-0.1, -0.05) is 27.7 Å². The molecule has 2 atom stereocenters. The fraction of sp³-hybridized carbons (Fsp3) is 1.00. The van der Waals surface area contributed by atoms with Crippen molar-refractivity contribution in [1.29, 1.82) is 0 Å². The molecule has 1 fully saturated rings. The number of hydrogen-bond donors (Lipinski definition) is 0. The minimum Gasteiger partial charge on any atom is -0.378 e. The van der Waals surface area contributed by atoms with Crippen molar-refractivity contribution in [2.24, 2.45) is 17.8 Å². The molecule has 1 aliphatic carbocycles. The van der Waals surface area contributed by atoms with Gasteiger partial charge in [0.1, 0.15) is 0 Å². The largest absolute Gasteiger partial charge is 0.378 e. The maximum atomic E-state index is 5.84. The molecule has 1 nitrogen and oxygen atoms in total. The fourth-order valence-electron chi connectivity index (χ4n) is 2.06. The lowest BCUT2D eigenvalue weighted by atomic mass is 9.95. The zero-order valence-corrected chi connectivity index (χ0v) is 9.55. The van der Waals surface area contributed by atoms with E-state index in [0.29, 0.717) is 12.0 Å². The van der Waals surface area contributed by atoms with Gasteiger partial charge in [0.15, 0.2) is 0 Å². The molecule has 0 saturated heterocycles. The van der Waals surface area contributed by atoms with E-state index in [0.717, 1.165) is 18.4 Å². The van der Waals surface area contributed by atoms with E-state index in [1.807, 2.05) is 0 Å². The molecule has 0 N–H and O–H groups in total. The molecule has 0 heterocycles. The van der Waals surface area contributed by atoms with E-state index in [-0.39, 0.29) is 0 Å². The molecule has 0 aromatic carbocycles. The first-order chi connectivity index (χ1) is 6.09. The van der Waals surface area contributed by atoms with E-state index in [1.54, 1.807) is 0 Å². The van der Waals surface area contributed by atoms with Crippen LogP contribution in [0.5, 0.6) is 0 Å². The van der Waals surface area contributed by atoms with E-state index in [4.69, 9.17) is 4.74 Å². The molecular weight excluding hydrogens is 160 g/mol. The van der Waals surface area contributed by atoms with Gasteiger partial charge in [0.2, 0.25) is 0 Å². The normalized spacial score (nSPS) is 29.1. The summed E-state index contributed by atoms with van der Waals surface area (Å²) in [7, 11) is 0. The second kappa shape index (κ2) is 4.99. The molecule has 0 bridgehead atoms. The molecule has 1 saturated carbocycles. The molecule has 1 rings (SSSR count). The van der Waals surface area contributed by atoms with Crippen LogP contribution in [0.3, 0.4) is 0 Å². The molecule has 0 aromatic rings. The maximum absolute atomic E-state index is 5.84. The van der Waals surface area contributed by atoms with Gasteiger partial charge in [0.25, 0.3) is 0 Å². The molecule has 1 heteroatoms. The third-order valence-electron chi connectivity index (χ3n) is 3.03. The highest BCUT2D eigenvalue weighted by atomic mass is 16.5. The topological polar surface area (TPSA) is 9.23 Å². The number of rotatable bonds is 4. The van der Waals surface area contributed by atoms with Gasteiger partial charge in [0, 0.05) is 6.61 Å². The van der Waals surface area contributed by atoms with E-state index in [2.05, 4.69) is 27.7 Å². The third-order valence-corrected chi connectivity index (χ3v) is 3.03. The molecule has 0 aromatic heterocycles. The quantitative estimate of drug-likeness (QED) is 0.650. The molecule has 1 aliphatic rings. The highest BCUT2D eigenvalue weighted by Crippen LogP contribution is 2.33. The second-order valence-electron chi connectivity index (χ2n) is 5.17. The average molecular weight is 184 g/mol. The van der Waals surface area contributed by atoms with Gasteiger partial charge in [0.05, 0.1) is 6.10 Å². The molecule has 78 valence electrons. The Hall–Kier alpha value is -0.0400. The molecule has 0 spiro atoms. The summed E-state index contributed by atoms with van der Waals surface area (Å²) in [6, 6.07) is 0. The minimum absolute atomic E-state index is 0.565. The predicted molar refractivity (Wildman–Crippen MR) is 56.8 cm³/mol.